The first-order valence-corrected chi connectivity index (χ1v) is 10.0. The minimum absolute atomic E-state index is 0.182. The fraction of sp³-hybridized carbons (Fsp3) is 0.130. The summed E-state index contributed by atoms with van der Waals surface area (Å²) in [6, 6.07) is 14.1. The van der Waals surface area contributed by atoms with Gasteiger partial charge in [-0.15, -0.1) is 0 Å². The molecule has 0 atom stereocenters. The first kappa shape index (κ1) is 21.5. The van der Waals surface area contributed by atoms with Crippen molar-refractivity contribution in [2.75, 3.05) is 18.9 Å². The van der Waals surface area contributed by atoms with Gasteiger partial charge >= 0.3 is 0 Å². The number of halogens is 2. The van der Waals surface area contributed by atoms with Crippen LogP contribution in [0, 0.1) is 12.7 Å². The van der Waals surface area contributed by atoms with Crippen LogP contribution in [0.4, 0.5) is 10.1 Å². The number of benzene rings is 2. The van der Waals surface area contributed by atoms with E-state index in [1.54, 1.807) is 49.4 Å². The van der Waals surface area contributed by atoms with Crippen molar-refractivity contribution in [1.82, 2.24) is 15.0 Å². The maximum Gasteiger partial charge on any atom is 0.259 e. The van der Waals surface area contributed by atoms with Gasteiger partial charge in [-0.05, 0) is 49.4 Å². The molecule has 4 aromatic rings. The number of aromatic nitrogens is 2. The van der Waals surface area contributed by atoms with Gasteiger partial charge in [-0.3, -0.25) is 9.59 Å². The van der Waals surface area contributed by atoms with Gasteiger partial charge in [0.25, 0.3) is 11.6 Å². The molecule has 0 bridgehead atoms. The summed E-state index contributed by atoms with van der Waals surface area (Å²) in [6.45, 7) is 1.50. The van der Waals surface area contributed by atoms with E-state index in [2.05, 4.69) is 15.5 Å². The fourth-order valence-corrected chi connectivity index (χ4v) is 3.46. The molecule has 2 heterocycles. The average Bonchev–Trinajstić information content (AvgIpc) is 3.15. The van der Waals surface area contributed by atoms with E-state index in [4.69, 9.17) is 16.1 Å². The van der Waals surface area contributed by atoms with Gasteiger partial charge in [0.05, 0.1) is 39.6 Å². The van der Waals surface area contributed by atoms with Gasteiger partial charge in [-0.2, -0.15) is 0 Å². The number of likely N-dealkylation sites (N-methyl/N-ethyl adjacent to an activating group) is 1. The molecule has 2 aromatic carbocycles. The molecule has 9 heteroatoms. The van der Waals surface area contributed by atoms with Crippen LogP contribution in [0.15, 0.2) is 59.1 Å². The Bertz CT molecular complexity index is 1320. The van der Waals surface area contributed by atoms with Crippen LogP contribution >= 0.6 is 11.6 Å². The summed E-state index contributed by atoms with van der Waals surface area (Å²) >= 11 is 6.08. The van der Waals surface area contributed by atoms with Gasteiger partial charge in [0, 0.05) is 12.6 Å². The molecule has 0 unspecified atom stereocenters. The van der Waals surface area contributed by atoms with Crippen molar-refractivity contribution in [3.63, 3.8) is 0 Å². The van der Waals surface area contributed by atoms with Crippen LogP contribution < -0.4 is 5.32 Å². The Morgan fingerprint density at radius 3 is 2.59 bits per heavy atom. The number of para-hydroxylation sites is 1. The number of carbonyl (C=O) groups excluding carboxylic acids is 2. The minimum atomic E-state index is -0.415. The molecule has 7 nitrogen and oxygen atoms in total. The first-order chi connectivity index (χ1) is 15.3. The number of hydrogen-bond donors (Lipinski definition) is 1. The van der Waals surface area contributed by atoms with E-state index in [9.17, 15) is 14.0 Å². The lowest BCUT2D eigenvalue weighted by Gasteiger charge is -2.18. The lowest BCUT2D eigenvalue weighted by Crippen LogP contribution is -2.35. The van der Waals surface area contributed by atoms with Crippen molar-refractivity contribution in [1.29, 1.82) is 0 Å². The highest BCUT2D eigenvalue weighted by molar-refractivity contribution is 6.33. The molecule has 0 aliphatic rings. The van der Waals surface area contributed by atoms with Gasteiger partial charge in [0.2, 0.25) is 5.91 Å². The van der Waals surface area contributed by atoms with Crippen LogP contribution in [0.25, 0.3) is 22.4 Å². The van der Waals surface area contributed by atoms with Gasteiger partial charge in [0.15, 0.2) is 0 Å². The molecule has 162 valence electrons. The molecule has 0 saturated carbocycles. The zero-order valence-electron chi connectivity index (χ0n) is 17.2. The summed E-state index contributed by atoms with van der Waals surface area (Å²) < 4.78 is 18.6. The molecule has 2 aromatic heterocycles. The molecule has 0 aliphatic heterocycles. The lowest BCUT2D eigenvalue weighted by atomic mass is 10.0. The highest BCUT2D eigenvalue weighted by Gasteiger charge is 2.23. The van der Waals surface area contributed by atoms with Crippen LogP contribution in [-0.4, -0.2) is 40.4 Å². The van der Waals surface area contributed by atoms with Crippen molar-refractivity contribution < 1.29 is 18.5 Å². The molecular weight excluding hydrogens is 435 g/mol. The van der Waals surface area contributed by atoms with Crippen molar-refractivity contribution >= 4 is 40.2 Å². The molecule has 32 heavy (non-hydrogen) atoms. The molecule has 0 spiro atoms. The number of nitrogens with zero attached hydrogens (tertiary/aromatic N) is 3. The fourth-order valence-electron chi connectivity index (χ4n) is 3.28. The van der Waals surface area contributed by atoms with Crippen LogP contribution in [0.1, 0.15) is 16.1 Å². The standard InChI is InChI=1S/C23H18ClFN4O3/c1-13-21-16(11-19(27-22(21)32-28-13)14-7-9-15(25)10-8-14)23(31)29(2)12-20(30)26-18-6-4-3-5-17(18)24/h3-11H,12H2,1-2H3,(H,26,30). The number of carbonyl (C=O) groups is 2. The average molecular weight is 453 g/mol. The van der Waals surface area contributed by atoms with E-state index in [0.29, 0.717) is 33.0 Å². The summed E-state index contributed by atoms with van der Waals surface area (Å²) in [5, 5.41) is 7.46. The van der Waals surface area contributed by atoms with Gasteiger partial charge < -0.3 is 14.7 Å². The van der Waals surface area contributed by atoms with E-state index in [-0.39, 0.29) is 23.6 Å². The Hall–Kier alpha value is -3.78. The Labute approximate surface area is 187 Å². The van der Waals surface area contributed by atoms with Crippen molar-refractivity contribution in [2.24, 2.45) is 0 Å². The third kappa shape index (κ3) is 4.31. The maximum absolute atomic E-state index is 13.3. The van der Waals surface area contributed by atoms with E-state index < -0.39 is 11.8 Å². The van der Waals surface area contributed by atoms with Crippen molar-refractivity contribution in [3.8, 4) is 11.3 Å². The van der Waals surface area contributed by atoms with E-state index in [0.717, 1.165) is 0 Å². The quantitative estimate of drug-likeness (QED) is 0.474. The van der Waals surface area contributed by atoms with Crippen LogP contribution in [0.3, 0.4) is 0 Å². The van der Waals surface area contributed by atoms with E-state index in [1.165, 1.54) is 24.1 Å². The zero-order chi connectivity index (χ0) is 22.8. The molecular formula is C23H18ClFN4O3. The topological polar surface area (TPSA) is 88.3 Å². The smallest absolute Gasteiger partial charge is 0.259 e. The number of hydrogen-bond acceptors (Lipinski definition) is 5. The molecule has 0 radical (unpaired) electrons. The Morgan fingerprint density at radius 1 is 1.16 bits per heavy atom. The molecule has 0 saturated heterocycles. The number of rotatable bonds is 5. The number of fused-ring (bicyclic) bond motifs is 1. The van der Waals surface area contributed by atoms with Crippen LogP contribution in [-0.2, 0) is 4.79 Å². The second kappa shape index (κ2) is 8.76. The maximum atomic E-state index is 13.3. The second-order valence-electron chi connectivity index (χ2n) is 7.20. The first-order valence-electron chi connectivity index (χ1n) is 9.66. The number of amides is 2. The highest BCUT2D eigenvalue weighted by Crippen LogP contribution is 2.28. The Balaban J connectivity index is 1.63. The molecule has 1 N–H and O–H groups in total. The molecule has 0 fully saturated rings. The number of anilines is 1. The second-order valence-corrected chi connectivity index (χ2v) is 7.61. The zero-order valence-corrected chi connectivity index (χ0v) is 18.0. The molecule has 0 aliphatic carbocycles. The van der Waals surface area contributed by atoms with Crippen molar-refractivity contribution in [3.05, 3.63) is 76.7 Å². The Kier molecular flexibility index (Phi) is 5.87. The largest absolute Gasteiger partial charge is 0.335 e. The van der Waals surface area contributed by atoms with Crippen LogP contribution in [0.2, 0.25) is 5.02 Å². The third-order valence-corrected chi connectivity index (χ3v) is 5.19. The summed E-state index contributed by atoms with van der Waals surface area (Å²) in [5.74, 6) is -1.20. The predicted molar refractivity (Wildman–Crippen MR) is 119 cm³/mol. The van der Waals surface area contributed by atoms with Gasteiger partial charge in [-0.1, -0.05) is 28.9 Å². The van der Waals surface area contributed by atoms with Crippen molar-refractivity contribution in [2.45, 2.75) is 6.92 Å². The Morgan fingerprint density at radius 2 is 1.88 bits per heavy atom. The molecule has 4 rings (SSSR count). The number of nitrogens with one attached hydrogen (secondary N) is 1. The monoisotopic (exact) mass is 452 g/mol. The van der Waals surface area contributed by atoms with E-state index >= 15 is 0 Å². The van der Waals surface area contributed by atoms with Gasteiger partial charge in [0.1, 0.15) is 5.82 Å². The lowest BCUT2D eigenvalue weighted by molar-refractivity contribution is -0.116. The summed E-state index contributed by atoms with van der Waals surface area (Å²) in [6.07, 6.45) is 0. The summed E-state index contributed by atoms with van der Waals surface area (Å²) in [7, 11) is 1.52. The summed E-state index contributed by atoms with van der Waals surface area (Å²) in [5.41, 5.74) is 2.44. The minimum Gasteiger partial charge on any atom is -0.335 e. The SMILES string of the molecule is Cc1noc2nc(-c3ccc(F)cc3)cc(C(=O)N(C)CC(=O)Nc3ccccc3Cl)c12. The van der Waals surface area contributed by atoms with Gasteiger partial charge in [-0.25, -0.2) is 9.37 Å². The van der Waals surface area contributed by atoms with E-state index in [1.807, 2.05) is 0 Å². The van der Waals surface area contributed by atoms with Crippen LogP contribution in [0.5, 0.6) is 0 Å². The normalized spacial score (nSPS) is 10.9. The highest BCUT2D eigenvalue weighted by atomic mass is 35.5. The molecule has 2 amide bonds. The third-order valence-electron chi connectivity index (χ3n) is 4.86. The number of pyridine rings is 1. The number of aryl methyl sites for hydroxylation is 1. The predicted octanol–water partition coefficient (Wildman–Crippen LogP) is 4.70. The summed E-state index contributed by atoms with van der Waals surface area (Å²) in [4.78, 5) is 31.4.